The highest BCUT2D eigenvalue weighted by molar-refractivity contribution is 5.55. The second kappa shape index (κ2) is 8.40. The number of anilines is 1. The van der Waals surface area contributed by atoms with Crippen LogP contribution in [0.2, 0.25) is 0 Å². The van der Waals surface area contributed by atoms with Crippen LogP contribution < -0.4 is 10.6 Å². The fourth-order valence-corrected chi connectivity index (χ4v) is 2.96. The minimum absolute atomic E-state index is 0.269. The first-order valence-corrected chi connectivity index (χ1v) is 8.15. The van der Waals surface area contributed by atoms with Crippen LogP contribution in [-0.2, 0) is 6.42 Å². The molecule has 2 N–H and O–H groups in total. The first kappa shape index (κ1) is 18.0. The fourth-order valence-electron chi connectivity index (χ4n) is 2.96. The molecule has 3 nitrogen and oxygen atoms in total. The Balaban J connectivity index is 2.90. The number of hydrogen-bond acceptors (Lipinski definition) is 3. The Labute approximate surface area is 131 Å². The third-order valence-electron chi connectivity index (χ3n) is 4.10. The summed E-state index contributed by atoms with van der Waals surface area (Å²) in [5.41, 5.74) is 10.1. The van der Waals surface area contributed by atoms with Crippen LogP contribution >= 0.6 is 0 Å². The van der Waals surface area contributed by atoms with Crippen molar-refractivity contribution in [1.82, 2.24) is 4.90 Å². The monoisotopic (exact) mass is 291 g/mol. The van der Waals surface area contributed by atoms with Crippen molar-refractivity contribution in [2.75, 3.05) is 32.1 Å². The minimum atomic E-state index is 0.269. The molecule has 1 rings (SSSR count). The number of aryl methyl sites for hydroxylation is 1. The first-order valence-electron chi connectivity index (χ1n) is 8.15. The van der Waals surface area contributed by atoms with Crippen LogP contribution in [0, 0.1) is 6.92 Å². The molecule has 0 aliphatic rings. The van der Waals surface area contributed by atoms with E-state index in [1.807, 2.05) is 0 Å². The number of nitrogens with two attached hydrogens (primary N) is 1. The maximum absolute atomic E-state index is 6.07. The van der Waals surface area contributed by atoms with Gasteiger partial charge in [-0.3, -0.25) is 0 Å². The van der Waals surface area contributed by atoms with E-state index in [-0.39, 0.29) is 6.04 Å². The molecule has 3 heteroatoms. The Morgan fingerprint density at radius 2 is 1.86 bits per heavy atom. The predicted octanol–water partition coefficient (Wildman–Crippen LogP) is 3.05. The number of benzene rings is 1. The second-order valence-electron chi connectivity index (χ2n) is 6.39. The molecule has 0 amide bonds. The third kappa shape index (κ3) is 5.33. The van der Waals surface area contributed by atoms with Gasteiger partial charge < -0.3 is 15.5 Å². The summed E-state index contributed by atoms with van der Waals surface area (Å²) in [6.45, 7) is 11.0. The van der Waals surface area contributed by atoms with Gasteiger partial charge in [-0.25, -0.2) is 0 Å². The molecule has 1 aromatic rings. The standard InChI is InChI=1S/C18H33N3/c1-7-17(19)12-16-9-10-18(14(3)11-16)21(8-2)15(4)13-20(5)6/h9-11,15,17H,7-8,12-13,19H2,1-6H3. The van der Waals surface area contributed by atoms with Gasteiger partial charge >= 0.3 is 0 Å². The lowest BCUT2D eigenvalue weighted by molar-refractivity contribution is 0.373. The molecule has 0 aromatic heterocycles. The summed E-state index contributed by atoms with van der Waals surface area (Å²) in [6.07, 6.45) is 2.00. The molecule has 0 saturated carbocycles. The molecule has 0 bridgehead atoms. The van der Waals surface area contributed by atoms with Crippen molar-refractivity contribution in [1.29, 1.82) is 0 Å². The molecule has 0 saturated heterocycles. The number of hydrogen-bond donors (Lipinski definition) is 1. The molecule has 21 heavy (non-hydrogen) atoms. The van der Waals surface area contributed by atoms with Crippen LogP contribution in [0.5, 0.6) is 0 Å². The van der Waals surface area contributed by atoms with Crippen LogP contribution in [0.1, 0.15) is 38.3 Å². The van der Waals surface area contributed by atoms with E-state index < -0.39 is 0 Å². The van der Waals surface area contributed by atoms with E-state index in [0.29, 0.717) is 6.04 Å². The van der Waals surface area contributed by atoms with Crippen molar-refractivity contribution in [3.63, 3.8) is 0 Å². The average Bonchev–Trinajstić information content (AvgIpc) is 2.41. The summed E-state index contributed by atoms with van der Waals surface area (Å²) in [4.78, 5) is 4.73. The fraction of sp³-hybridized carbons (Fsp3) is 0.667. The molecular weight excluding hydrogens is 258 g/mol. The molecule has 2 atom stereocenters. The van der Waals surface area contributed by atoms with E-state index in [1.165, 1.54) is 16.8 Å². The molecular formula is C18H33N3. The zero-order valence-corrected chi connectivity index (χ0v) is 14.7. The smallest absolute Gasteiger partial charge is 0.0398 e. The van der Waals surface area contributed by atoms with E-state index >= 15 is 0 Å². The molecule has 0 aliphatic heterocycles. The van der Waals surface area contributed by atoms with Gasteiger partial charge in [0.15, 0.2) is 0 Å². The van der Waals surface area contributed by atoms with E-state index in [1.54, 1.807) is 0 Å². The molecule has 0 aliphatic carbocycles. The summed E-state index contributed by atoms with van der Waals surface area (Å²) >= 11 is 0. The summed E-state index contributed by atoms with van der Waals surface area (Å²) in [7, 11) is 4.26. The highest BCUT2D eigenvalue weighted by Gasteiger charge is 2.16. The second-order valence-corrected chi connectivity index (χ2v) is 6.39. The number of rotatable bonds is 8. The summed E-state index contributed by atoms with van der Waals surface area (Å²) in [6, 6.07) is 7.58. The van der Waals surface area contributed by atoms with Crippen molar-refractivity contribution in [2.45, 2.75) is 52.6 Å². The van der Waals surface area contributed by atoms with Gasteiger partial charge in [0.2, 0.25) is 0 Å². The molecule has 2 unspecified atom stereocenters. The number of nitrogens with zero attached hydrogens (tertiary/aromatic N) is 2. The van der Waals surface area contributed by atoms with Gasteiger partial charge in [-0.2, -0.15) is 0 Å². The van der Waals surface area contributed by atoms with Crippen molar-refractivity contribution in [3.8, 4) is 0 Å². The molecule has 120 valence electrons. The third-order valence-corrected chi connectivity index (χ3v) is 4.10. The van der Waals surface area contributed by atoms with Gasteiger partial charge in [0, 0.05) is 30.9 Å². The zero-order valence-electron chi connectivity index (χ0n) is 14.7. The molecule has 1 aromatic carbocycles. The van der Waals surface area contributed by atoms with E-state index in [2.05, 4.69) is 69.8 Å². The first-order chi connectivity index (χ1) is 9.88. The van der Waals surface area contributed by atoms with Crippen molar-refractivity contribution in [2.24, 2.45) is 5.73 Å². The number of likely N-dealkylation sites (N-methyl/N-ethyl adjacent to an activating group) is 2. The Morgan fingerprint density at radius 1 is 1.19 bits per heavy atom. The van der Waals surface area contributed by atoms with Crippen LogP contribution in [0.3, 0.4) is 0 Å². The Bertz CT molecular complexity index is 428. The van der Waals surface area contributed by atoms with Gasteiger partial charge in [-0.05, 0) is 64.9 Å². The Hall–Kier alpha value is -1.06. The van der Waals surface area contributed by atoms with Gasteiger partial charge in [-0.15, -0.1) is 0 Å². The maximum Gasteiger partial charge on any atom is 0.0398 e. The molecule has 0 heterocycles. The van der Waals surface area contributed by atoms with E-state index in [0.717, 1.165) is 25.9 Å². The topological polar surface area (TPSA) is 32.5 Å². The SMILES string of the molecule is CCC(N)Cc1ccc(N(CC)C(C)CN(C)C)c(C)c1. The van der Waals surface area contributed by atoms with Crippen molar-refractivity contribution >= 4 is 5.69 Å². The average molecular weight is 291 g/mol. The lowest BCUT2D eigenvalue weighted by Crippen LogP contribution is -2.40. The highest BCUT2D eigenvalue weighted by atomic mass is 15.2. The van der Waals surface area contributed by atoms with Gasteiger partial charge in [0.05, 0.1) is 0 Å². The van der Waals surface area contributed by atoms with Gasteiger partial charge in [-0.1, -0.05) is 19.1 Å². The van der Waals surface area contributed by atoms with Gasteiger partial charge in [0.25, 0.3) is 0 Å². The summed E-state index contributed by atoms with van der Waals surface area (Å²) in [5.74, 6) is 0. The highest BCUT2D eigenvalue weighted by Crippen LogP contribution is 2.24. The lowest BCUT2D eigenvalue weighted by atomic mass is 10.0. The van der Waals surface area contributed by atoms with Crippen LogP contribution in [0.4, 0.5) is 5.69 Å². The zero-order chi connectivity index (χ0) is 16.0. The van der Waals surface area contributed by atoms with E-state index in [4.69, 9.17) is 5.73 Å². The van der Waals surface area contributed by atoms with Crippen molar-refractivity contribution < 1.29 is 0 Å². The van der Waals surface area contributed by atoms with Crippen LogP contribution in [0.15, 0.2) is 18.2 Å². The van der Waals surface area contributed by atoms with Crippen LogP contribution in [-0.4, -0.2) is 44.2 Å². The molecule has 0 radical (unpaired) electrons. The van der Waals surface area contributed by atoms with Crippen LogP contribution in [0.25, 0.3) is 0 Å². The van der Waals surface area contributed by atoms with E-state index in [9.17, 15) is 0 Å². The lowest BCUT2D eigenvalue weighted by Gasteiger charge is -2.33. The quantitative estimate of drug-likeness (QED) is 0.799. The molecule has 0 spiro atoms. The Morgan fingerprint density at radius 3 is 2.33 bits per heavy atom. The molecule has 0 fully saturated rings. The van der Waals surface area contributed by atoms with Crippen molar-refractivity contribution in [3.05, 3.63) is 29.3 Å². The predicted molar refractivity (Wildman–Crippen MR) is 94.2 cm³/mol. The Kier molecular flexibility index (Phi) is 7.20. The maximum atomic E-state index is 6.07. The minimum Gasteiger partial charge on any atom is -0.368 e. The largest absolute Gasteiger partial charge is 0.368 e. The van der Waals surface area contributed by atoms with Gasteiger partial charge in [0.1, 0.15) is 0 Å². The summed E-state index contributed by atoms with van der Waals surface area (Å²) in [5, 5.41) is 0. The normalized spacial score (nSPS) is 14.3. The summed E-state index contributed by atoms with van der Waals surface area (Å²) < 4.78 is 0.